The summed E-state index contributed by atoms with van der Waals surface area (Å²) >= 11 is 0. The predicted molar refractivity (Wildman–Crippen MR) is 113 cm³/mol. The fraction of sp³-hybridized carbons (Fsp3) is 0.111. The number of hydrogen-bond donors (Lipinski definition) is 1. The van der Waals surface area contributed by atoms with Crippen molar-refractivity contribution in [2.24, 2.45) is 0 Å². The van der Waals surface area contributed by atoms with Gasteiger partial charge < -0.3 is 5.11 Å². The van der Waals surface area contributed by atoms with Crippen molar-refractivity contribution < 1.29 is 5.11 Å². The molecular weight excluding hydrogens is 340 g/mol. The van der Waals surface area contributed by atoms with Gasteiger partial charge in [-0.3, -0.25) is 0 Å². The third-order valence-electron chi connectivity index (χ3n) is 6.45. The van der Waals surface area contributed by atoms with E-state index in [-0.39, 0.29) is 11.8 Å². The summed E-state index contributed by atoms with van der Waals surface area (Å²) in [4.78, 5) is 0. The molecule has 0 spiro atoms. The number of aliphatic hydroxyl groups excluding tert-OH is 1. The summed E-state index contributed by atoms with van der Waals surface area (Å²) in [7, 11) is 0. The highest BCUT2D eigenvalue weighted by Gasteiger charge is 2.41. The second kappa shape index (κ2) is 5.92. The normalized spacial score (nSPS) is 14.6. The van der Waals surface area contributed by atoms with E-state index >= 15 is 0 Å². The summed E-state index contributed by atoms with van der Waals surface area (Å²) in [5.74, 6) is -0.0341. The average molecular weight is 360 g/mol. The second-order valence-electron chi connectivity index (χ2n) is 7.79. The minimum atomic E-state index is -0.519. The lowest BCUT2D eigenvalue weighted by Crippen LogP contribution is -2.25. The van der Waals surface area contributed by atoms with Crippen molar-refractivity contribution in [1.29, 1.82) is 0 Å². The van der Waals surface area contributed by atoms with E-state index in [4.69, 9.17) is 0 Å². The van der Waals surface area contributed by atoms with Gasteiger partial charge in [0, 0.05) is 11.8 Å². The Hall–Kier alpha value is -3.16. The molecule has 6 rings (SSSR count). The lowest BCUT2D eigenvalue weighted by molar-refractivity contribution is 0.141. The van der Waals surface area contributed by atoms with E-state index in [1.165, 1.54) is 44.5 Å². The zero-order valence-corrected chi connectivity index (χ0v) is 15.4. The molecule has 134 valence electrons. The van der Waals surface area contributed by atoms with E-state index in [0.29, 0.717) is 0 Å². The largest absolute Gasteiger partial charge is 0.391 e. The molecule has 0 heterocycles. The summed E-state index contributed by atoms with van der Waals surface area (Å²) in [5, 5.41) is 11.8. The molecule has 0 saturated heterocycles. The summed E-state index contributed by atoms with van der Waals surface area (Å²) in [6.07, 6.45) is -0.519. The van der Waals surface area contributed by atoms with Crippen molar-refractivity contribution in [2.75, 3.05) is 0 Å². The Balaban J connectivity index is 1.56. The molecule has 0 aromatic heterocycles. The molecule has 0 amide bonds. The van der Waals surface area contributed by atoms with Crippen molar-refractivity contribution in [3.05, 3.63) is 119 Å². The van der Waals surface area contributed by atoms with Crippen LogP contribution in [0.3, 0.4) is 0 Å². The topological polar surface area (TPSA) is 20.2 Å². The van der Waals surface area contributed by atoms with E-state index < -0.39 is 6.10 Å². The maximum atomic E-state index is 11.8. The van der Waals surface area contributed by atoms with Crippen LogP contribution in [0.1, 0.15) is 34.1 Å². The Morgan fingerprint density at radius 1 is 0.429 bits per heavy atom. The first-order valence-corrected chi connectivity index (χ1v) is 9.89. The first kappa shape index (κ1) is 15.9. The van der Waals surface area contributed by atoms with Gasteiger partial charge in [0.25, 0.3) is 0 Å². The Morgan fingerprint density at radius 3 is 0.964 bits per heavy atom. The maximum absolute atomic E-state index is 11.8. The fourth-order valence-electron chi connectivity index (χ4n) is 5.32. The van der Waals surface area contributed by atoms with Crippen molar-refractivity contribution in [3.63, 3.8) is 0 Å². The molecule has 0 radical (unpaired) electrons. The molecule has 0 atom stereocenters. The van der Waals surface area contributed by atoms with Crippen LogP contribution in [-0.4, -0.2) is 11.2 Å². The lowest BCUT2D eigenvalue weighted by Gasteiger charge is -2.28. The molecule has 28 heavy (non-hydrogen) atoms. The molecule has 0 unspecified atom stereocenters. The van der Waals surface area contributed by atoms with Gasteiger partial charge in [-0.25, -0.2) is 0 Å². The molecular formula is C27H20O. The van der Waals surface area contributed by atoms with E-state index in [1.54, 1.807) is 0 Å². The molecule has 2 aliphatic carbocycles. The van der Waals surface area contributed by atoms with Gasteiger partial charge >= 0.3 is 0 Å². The van der Waals surface area contributed by atoms with E-state index in [1.807, 2.05) is 0 Å². The first-order chi connectivity index (χ1) is 13.8. The highest BCUT2D eigenvalue weighted by atomic mass is 16.3. The Kier molecular flexibility index (Phi) is 3.35. The SMILES string of the molecule is OC(C1c2ccccc2-c2ccccc21)C1c2ccccc2-c2ccccc21. The Labute approximate surface area is 164 Å². The molecule has 1 nitrogen and oxygen atoms in total. The van der Waals surface area contributed by atoms with Gasteiger partial charge in [0.15, 0.2) is 0 Å². The average Bonchev–Trinajstić information content (AvgIpc) is 3.27. The molecule has 0 bridgehead atoms. The van der Waals surface area contributed by atoms with E-state index in [2.05, 4.69) is 97.1 Å². The molecule has 0 saturated carbocycles. The van der Waals surface area contributed by atoms with Crippen LogP contribution < -0.4 is 0 Å². The van der Waals surface area contributed by atoms with Gasteiger partial charge in [0.2, 0.25) is 0 Å². The highest BCUT2D eigenvalue weighted by molar-refractivity contribution is 5.82. The van der Waals surface area contributed by atoms with Crippen molar-refractivity contribution >= 4 is 0 Å². The molecule has 4 aromatic carbocycles. The van der Waals surface area contributed by atoms with Crippen LogP contribution in [-0.2, 0) is 0 Å². The van der Waals surface area contributed by atoms with Crippen LogP contribution >= 0.6 is 0 Å². The predicted octanol–water partition coefficient (Wildman–Crippen LogP) is 5.97. The maximum Gasteiger partial charge on any atom is 0.0759 e. The summed E-state index contributed by atoms with van der Waals surface area (Å²) < 4.78 is 0. The minimum absolute atomic E-state index is 0.0170. The first-order valence-electron chi connectivity index (χ1n) is 9.89. The Bertz CT molecular complexity index is 1020. The van der Waals surface area contributed by atoms with Crippen molar-refractivity contribution in [2.45, 2.75) is 17.9 Å². The van der Waals surface area contributed by atoms with Crippen LogP contribution in [0.15, 0.2) is 97.1 Å². The Morgan fingerprint density at radius 2 is 0.679 bits per heavy atom. The third-order valence-corrected chi connectivity index (χ3v) is 6.45. The highest BCUT2D eigenvalue weighted by Crippen LogP contribution is 2.53. The summed E-state index contributed by atoms with van der Waals surface area (Å²) in [6.45, 7) is 0. The number of aliphatic hydroxyl groups is 1. The molecule has 2 aliphatic rings. The van der Waals surface area contributed by atoms with Crippen LogP contribution in [0, 0.1) is 0 Å². The zero-order chi connectivity index (χ0) is 18.7. The molecule has 1 heteroatoms. The second-order valence-corrected chi connectivity index (χ2v) is 7.79. The van der Waals surface area contributed by atoms with Gasteiger partial charge in [-0.1, -0.05) is 97.1 Å². The molecule has 0 aliphatic heterocycles. The minimum Gasteiger partial charge on any atom is -0.391 e. The van der Waals surface area contributed by atoms with Crippen molar-refractivity contribution in [3.8, 4) is 22.3 Å². The van der Waals surface area contributed by atoms with E-state index in [9.17, 15) is 5.11 Å². The quantitative estimate of drug-likeness (QED) is 0.467. The number of rotatable bonds is 2. The van der Waals surface area contributed by atoms with Crippen LogP contribution in [0.5, 0.6) is 0 Å². The van der Waals surface area contributed by atoms with Gasteiger partial charge in [-0.05, 0) is 44.5 Å². The van der Waals surface area contributed by atoms with Gasteiger partial charge in [-0.2, -0.15) is 0 Å². The van der Waals surface area contributed by atoms with Gasteiger partial charge in [0.1, 0.15) is 0 Å². The number of fused-ring (bicyclic) bond motifs is 6. The summed E-state index contributed by atoms with van der Waals surface area (Å²) in [5.41, 5.74) is 9.94. The van der Waals surface area contributed by atoms with Crippen LogP contribution in [0.2, 0.25) is 0 Å². The summed E-state index contributed by atoms with van der Waals surface area (Å²) in [6, 6.07) is 34.1. The molecule has 0 fully saturated rings. The lowest BCUT2D eigenvalue weighted by atomic mass is 9.80. The number of hydrogen-bond acceptors (Lipinski definition) is 1. The molecule has 4 aromatic rings. The third kappa shape index (κ3) is 2.05. The van der Waals surface area contributed by atoms with Crippen molar-refractivity contribution in [1.82, 2.24) is 0 Å². The van der Waals surface area contributed by atoms with Crippen LogP contribution in [0.4, 0.5) is 0 Å². The standard InChI is InChI=1S/C27H20O/c28-27(25-21-13-5-1-9-17(21)18-10-2-6-14-22(18)25)26-23-15-7-3-11-19(23)20-12-4-8-16-24(20)26/h1-16,25-28H. The smallest absolute Gasteiger partial charge is 0.0759 e. The van der Waals surface area contributed by atoms with Crippen LogP contribution in [0.25, 0.3) is 22.3 Å². The van der Waals surface area contributed by atoms with Gasteiger partial charge in [0.05, 0.1) is 6.10 Å². The fourth-order valence-corrected chi connectivity index (χ4v) is 5.32. The monoisotopic (exact) mass is 360 g/mol. The molecule has 1 N–H and O–H groups in total. The number of benzene rings is 4. The van der Waals surface area contributed by atoms with E-state index in [0.717, 1.165) is 0 Å². The zero-order valence-electron chi connectivity index (χ0n) is 15.4. The van der Waals surface area contributed by atoms with Gasteiger partial charge in [-0.15, -0.1) is 0 Å².